The van der Waals surface area contributed by atoms with Crippen molar-refractivity contribution in [3.8, 4) is 0 Å². The molecule has 0 spiro atoms. The monoisotopic (exact) mass is 391 g/mol. The lowest BCUT2D eigenvalue weighted by Gasteiger charge is -2.32. The molecule has 27 heavy (non-hydrogen) atoms. The van der Waals surface area contributed by atoms with Gasteiger partial charge in [-0.1, -0.05) is 23.7 Å². The van der Waals surface area contributed by atoms with Crippen molar-refractivity contribution < 1.29 is 14.1 Å². The fourth-order valence-electron chi connectivity index (χ4n) is 3.22. The lowest BCUT2D eigenvalue weighted by Crippen LogP contribution is -2.40. The molecular formula is C19H19ClFN3O3. The van der Waals surface area contributed by atoms with Gasteiger partial charge >= 0.3 is 0 Å². The molecule has 3 rings (SSSR count). The van der Waals surface area contributed by atoms with Crippen LogP contribution in [0.5, 0.6) is 0 Å². The highest BCUT2D eigenvalue weighted by Crippen LogP contribution is 2.28. The van der Waals surface area contributed by atoms with Gasteiger partial charge in [-0.25, -0.2) is 4.39 Å². The van der Waals surface area contributed by atoms with Crippen molar-refractivity contribution in [1.29, 1.82) is 0 Å². The normalized spacial score (nSPS) is 17.5. The van der Waals surface area contributed by atoms with E-state index in [1.165, 1.54) is 30.3 Å². The zero-order valence-corrected chi connectivity index (χ0v) is 15.3. The summed E-state index contributed by atoms with van der Waals surface area (Å²) in [6.07, 6.45) is 1.60. The number of rotatable bonds is 5. The number of carbonyl (C=O) groups excluding carboxylic acids is 1. The molecule has 8 heteroatoms. The van der Waals surface area contributed by atoms with Crippen molar-refractivity contribution in [2.75, 3.05) is 18.4 Å². The summed E-state index contributed by atoms with van der Waals surface area (Å²) in [6.45, 7) is 2.07. The summed E-state index contributed by atoms with van der Waals surface area (Å²) < 4.78 is 13.0. The Bertz CT molecular complexity index is 845. The first-order chi connectivity index (χ1) is 12.9. The van der Waals surface area contributed by atoms with E-state index < -0.39 is 4.92 Å². The number of benzene rings is 2. The number of halogens is 2. The van der Waals surface area contributed by atoms with Crippen molar-refractivity contribution in [3.63, 3.8) is 0 Å². The third-order valence-electron chi connectivity index (χ3n) is 4.61. The lowest BCUT2D eigenvalue weighted by atomic mass is 9.96. The van der Waals surface area contributed by atoms with Crippen LogP contribution in [0, 0.1) is 21.8 Å². The topological polar surface area (TPSA) is 75.5 Å². The second-order valence-electron chi connectivity index (χ2n) is 6.61. The average Bonchev–Trinajstić information content (AvgIpc) is 2.65. The molecule has 0 aliphatic carbocycles. The van der Waals surface area contributed by atoms with Gasteiger partial charge in [0, 0.05) is 25.2 Å². The van der Waals surface area contributed by atoms with Crippen molar-refractivity contribution in [3.05, 3.63) is 69.0 Å². The molecule has 2 aromatic rings. The minimum absolute atomic E-state index is 0.128. The molecule has 1 N–H and O–H groups in total. The first-order valence-corrected chi connectivity index (χ1v) is 9.02. The molecule has 1 heterocycles. The molecule has 1 fully saturated rings. The van der Waals surface area contributed by atoms with E-state index in [-0.39, 0.29) is 34.0 Å². The molecule has 0 saturated carbocycles. The highest BCUT2D eigenvalue weighted by molar-refractivity contribution is 6.33. The number of non-ortho nitro benzene ring substituents is 1. The molecule has 142 valence electrons. The quantitative estimate of drug-likeness (QED) is 0.611. The number of anilines is 1. The summed E-state index contributed by atoms with van der Waals surface area (Å²) in [4.78, 5) is 25.2. The fraction of sp³-hybridized carbons (Fsp3) is 0.316. The van der Waals surface area contributed by atoms with Crippen molar-refractivity contribution in [1.82, 2.24) is 4.90 Å². The van der Waals surface area contributed by atoms with E-state index in [0.717, 1.165) is 24.9 Å². The standard InChI is InChI=1S/C19H19ClFN3O3/c20-17-8-7-16(24(26)27)10-18(17)22-19(25)14-2-1-9-23(12-14)11-13-3-5-15(21)6-4-13/h3-8,10,14H,1-2,9,11-12H2,(H,22,25)/t14-/m0/s1. The SMILES string of the molecule is O=C(Nc1cc([N+](=O)[O-])ccc1Cl)[C@H]1CCCN(Cc2ccc(F)cc2)C1. The van der Waals surface area contributed by atoms with Gasteiger partial charge in [0.25, 0.3) is 5.69 Å². The number of amides is 1. The second kappa shape index (κ2) is 8.45. The minimum atomic E-state index is -0.531. The van der Waals surface area contributed by atoms with Crippen LogP contribution >= 0.6 is 11.6 Å². The van der Waals surface area contributed by atoms with Crippen LogP contribution < -0.4 is 5.32 Å². The molecule has 1 amide bonds. The van der Waals surface area contributed by atoms with Gasteiger partial charge in [-0.2, -0.15) is 0 Å². The fourth-order valence-corrected chi connectivity index (χ4v) is 3.38. The zero-order chi connectivity index (χ0) is 19.4. The Morgan fingerprint density at radius 3 is 2.74 bits per heavy atom. The lowest BCUT2D eigenvalue weighted by molar-refractivity contribution is -0.384. The Balaban J connectivity index is 1.64. The van der Waals surface area contributed by atoms with Gasteiger partial charge in [-0.05, 0) is 43.1 Å². The number of likely N-dealkylation sites (tertiary alicyclic amines) is 1. The Morgan fingerprint density at radius 2 is 2.04 bits per heavy atom. The van der Waals surface area contributed by atoms with Crippen LogP contribution in [-0.4, -0.2) is 28.8 Å². The molecule has 1 aliphatic heterocycles. The van der Waals surface area contributed by atoms with Gasteiger partial charge in [0.2, 0.25) is 5.91 Å². The van der Waals surface area contributed by atoms with Crippen molar-refractivity contribution in [2.24, 2.45) is 5.92 Å². The Kier molecular flexibility index (Phi) is 6.03. The maximum Gasteiger partial charge on any atom is 0.271 e. The summed E-state index contributed by atoms with van der Waals surface area (Å²) in [6, 6.07) is 10.3. The summed E-state index contributed by atoms with van der Waals surface area (Å²) in [5, 5.41) is 13.9. The maximum atomic E-state index is 13.0. The minimum Gasteiger partial charge on any atom is -0.324 e. The predicted molar refractivity (Wildman–Crippen MR) is 101 cm³/mol. The van der Waals surface area contributed by atoms with E-state index in [2.05, 4.69) is 10.2 Å². The molecule has 1 aliphatic rings. The summed E-state index contributed by atoms with van der Waals surface area (Å²) in [5.41, 5.74) is 1.10. The summed E-state index contributed by atoms with van der Waals surface area (Å²) >= 11 is 6.05. The third kappa shape index (κ3) is 5.02. The van der Waals surface area contributed by atoms with Crippen molar-refractivity contribution >= 4 is 28.9 Å². The molecular weight excluding hydrogens is 373 g/mol. The molecule has 0 aromatic heterocycles. The molecule has 6 nitrogen and oxygen atoms in total. The number of nitrogens with one attached hydrogen (secondary N) is 1. The second-order valence-corrected chi connectivity index (χ2v) is 7.02. The van der Waals surface area contributed by atoms with Crippen LogP contribution in [-0.2, 0) is 11.3 Å². The van der Waals surface area contributed by atoms with Crippen LogP contribution in [0.2, 0.25) is 5.02 Å². The summed E-state index contributed by atoms with van der Waals surface area (Å²) in [7, 11) is 0. The largest absolute Gasteiger partial charge is 0.324 e. The number of nitrogens with zero attached hydrogens (tertiary/aromatic N) is 2. The average molecular weight is 392 g/mol. The van der Waals surface area contributed by atoms with Gasteiger partial charge in [-0.15, -0.1) is 0 Å². The first-order valence-electron chi connectivity index (χ1n) is 8.64. The molecule has 0 radical (unpaired) electrons. The number of carbonyl (C=O) groups is 1. The highest BCUT2D eigenvalue weighted by atomic mass is 35.5. The van der Waals surface area contributed by atoms with E-state index in [4.69, 9.17) is 11.6 Å². The van der Waals surface area contributed by atoms with E-state index in [9.17, 15) is 19.3 Å². The third-order valence-corrected chi connectivity index (χ3v) is 4.94. The number of nitro benzene ring substituents is 1. The van der Waals surface area contributed by atoms with Gasteiger partial charge < -0.3 is 5.32 Å². The predicted octanol–water partition coefficient (Wildman–Crippen LogP) is 4.24. The van der Waals surface area contributed by atoms with Crippen LogP contribution in [0.15, 0.2) is 42.5 Å². The number of hydrogen-bond acceptors (Lipinski definition) is 4. The van der Waals surface area contributed by atoms with Crippen LogP contribution in [0.4, 0.5) is 15.8 Å². The molecule has 2 aromatic carbocycles. The number of piperidine rings is 1. The Labute approximate surface area is 161 Å². The van der Waals surface area contributed by atoms with E-state index >= 15 is 0 Å². The van der Waals surface area contributed by atoms with Gasteiger partial charge in [0.1, 0.15) is 5.82 Å². The molecule has 0 unspecified atom stereocenters. The molecule has 0 bridgehead atoms. The maximum absolute atomic E-state index is 13.0. The van der Waals surface area contributed by atoms with Crippen LogP contribution in [0.3, 0.4) is 0 Å². The van der Waals surface area contributed by atoms with E-state index in [1.54, 1.807) is 12.1 Å². The first kappa shape index (κ1) is 19.3. The Morgan fingerprint density at radius 1 is 1.30 bits per heavy atom. The van der Waals surface area contributed by atoms with E-state index in [1.807, 2.05) is 0 Å². The molecule has 1 saturated heterocycles. The van der Waals surface area contributed by atoms with Crippen LogP contribution in [0.1, 0.15) is 18.4 Å². The zero-order valence-electron chi connectivity index (χ0n) is 14.5. The number of nitro groups is 1. The van der Waals surface area contributed by atoms with Gasteiger partial charge in [-0.3, -0.25) is 19.8 Å². The highest BCUT2D eigenvalue weighted by Gasteiger charge is 2.26. The number of hydrogen-bond donors (Lipinski definition) is 1. The summed E-state index contributed by atoms with van der Waals surface area (Å²) in [5.74, 6) is -0.723. The molecule has 1 atom stereocenters. The van der Waals surface area contributed by atoms with Crippen molar-refractivity contribution in [2.45, 2.75) is 19.4 Å². The Hall–Kier alpha value is -2.51. The van der Waals surface area contributed by atoms with Gasteiger partial charge in [0.05, 0.1) is 21.6 Å². The van der Waals surface area contributed by atoms with E-state index in [0.29, 0.717) is 13.1 Å². The van der Waals surface area contributed by atoms with Crippen LogP contribution in [0.25, 0.3) is 0 Å². The van der Waals surface area contributed by atoms with Gasteiger partial charge in [0.15, 0.2) is 0 Å². The smallest absolute Gasteiger partial charge is 0.271 e.